The van der Waals surface area contributed by atoms with Gasteiger partial charge in [-0.2, -0.15) is 0 Å². The summed E-state index contributed by atoms with van der Waals surface area (Å²) in [6.07, 6.45) is 0. The average Bonchev–Trinajstić information content (AvgIpc) is 3.17. The van der Waals surface area contributed by atoms with Crippen LogP contribution in [-0.2, 0) is 4.79 Å². The van der Waals surface area contributed by atoms with Crippen molar-refractivity contribution in [2.75, 3.05) is 17.7 Å². The lowest BCUT2D eigenvalue weighted by molar-refractivity contribution is -0.481. The van der Waals surface area contributed by atoms with E-state index in [9.17, 15) is 14.9 Å². The van der Waals surface area contributed by atoms with Crippen molar-refractivity contribution in [3.8, 4) is 11.3 Å². The molecule has 0 saturated carbocycles. The molecule has 1 unspecified atom stereocenters. The summed E-state index contributed by atoms with van der Waals surface area (Å²) in [7, 11) is 0. The molecule has 3 aromatic carbocycles. The normalized spacial score (nSPS) is 11.9. The summed E-state index contributed by atoms with van der Waals surface area (Å²) in [6, 6.07) is 24.7. The number of nitrogens with zero attached hydrogens (tertiary/aromatic N) is 1. The van der Waals surface area contributed by atoms with E-state index in [1.807, 2.05) is 66.7 Å². The molecule has 1 amide bonds. The number of carbonyl (C=O) groups is 1. The summed E-state index contributed by atoms with van der Waals surface area (Å²) in [5.41, 5.74) is 5.02. The van der Waals surface area contributed by atoms with Crippen molar-refractivity contribution < 1.29 is 9.72 Å². The van der Waals surface area contributed by atoms with Gasteiger partial charge >= 0.3 is 0 Å². The van der Waals surface area contributed by atoms with Crippen LogP contribution >= 0.6 is 11.6 Å². The van der Waals surface area contributed by atoms with Gasteiger partial charge in [0.05, 0.1) is 11.6 Å². The van der Waals surface area contributed by atoms with E-state index in [0.29, 0.717) is 5.69 Å². The van der Waals surface area contributed by atoms with Crippen molar-refractivity contribution in [2.24, 2.45) is 0 Å². The lowest BCUT2D eigenvalue weighted by Crippen LogP contribution is -2.14. The van der Waals surface area contributed by atoms with E-state index in [1.165, 1.54) is 0 Å². The zero-order valence-corrected chi connectivity index (χ0v) is 17.3. The molecule has 7 heteroatoms. The minimum Gasteiger partial charge on any atom is -0.354 e. The van der Waals surface area contributed by atoms with Crippen LogP contribution in [0.15, 0.2) is 78.9 Å². The molecule has 0 radical (unpaired) electrons. The Balaban J connectivity index is 1.86. The summed E-state index contributed by atoms with van der Waals surface area (Å²) in [6.45, 7) is -0.220. The Morgan fingerprint density at radius 2 is 1.68 bits per heavy atom. The Hall–Kier alpha value is -3.64. The number of para-hydroxylation sites is 1. The third kappa shape index (κ3) is 4.44. The predicted octanol–water partition coefficient (Wildman–Crippen LogP) is 5.42. The van der Waals surface area contributed by atoms with Gasteiger partial charge in [-0.05, 0) is 34.9 Å². The highest BCUT2D eigenvalue weighted by Gasteiger charge is 2.27. The molecule has 1 aromatic heterocycles. The molecule has 0 fully saturated rings. The first kappa shape index (κ1) is 20.6. The van der Waals surface area contributed by atoms with Gasteiger partial charge in [-0.25, -0.2) is 0 Å². The zero-order valence-electron chi connectivity index (χ0n) is 16.5. The molecule has 6 nitrogen and oxygen atoms in total. The van der Waals surface area contributed by atoms with E-state index in [4.69, 9.17) is 11.6 Å². The van der Waals surface area contributed by atoms with Crippen molar-refractivity contribution in [1.29, 1.82) is 0 Å². The molecule has 0 saturated heterocycles. The second kappa shape index (κ2) is 9.02. The fraction of sp³-hybridized carbons (Fsp3) is 0.125. The number of aromatic nitrogens is 1. The zero-order chi connectivity index (χ0) is 21.8. The summed E-state index contributed by atoms with van der Waals surface area (Å²) in [5, 5.41) is 15.2. The molecule has 156 valence electrons. The smallest absolute Gasteiger partial charge is 0.239 e. The number of hydrogen-bond donors (Lipinski definition) is 2. The fourth-order valence-electron chi connectivity index (χ4n) is 3.87. The van der Waals surface area contributed by atoms with Crippen molar-refractivity contribution in [2.45, 2.75) is 5.92 Å². The van der Waals surface area contributed by atoms with Crippen LogP contribution in [0.5, 0.6) is 0 Å². The quantitative estimate of drug-likeness (QED) is 0.231. The van der Waals surface area contributed by atoms with Gasteiger partial charge in [0.15, 0.2) is 0 Å². The standard InChI is InChI=1S/C24H20ClN3O3/c25-14-22(29)26-18-12-10-17(11-13-18)24-23(19-8-4-5-9-21(19)27-24)20(15-28(30)31)16-6-2-1-3-7-16/h1-13,20,27H,14-15H2,(H,26,29). The van der Waals surface area contributed by atoms with Gasteiger partial charge in [-0.3, -0.25) is 14.9 Å². The third-order valence-corrected chi connectivity index (χ3v) is 5.45. The second-order valence-corrected chi connectivity index (χ2v) is 7.46. The van der Waals surface area contributed by atoms with E-state index in [2.05, 4.69) is 10.3 Å². The predicted molar refractivity (Wildman–Crippen MR) is 123 cm³/mol. The summed E-state index contributed by atoms with van der Waals surface area (Å²) in [4.78, 5) is 26.3. The van der Waals surface area contributed by atoms with E-state index < -0.39 is 5.92 Å². The van der Waals surface area contributed by atoms with Crippen molar-refractivity contribution in [3.63, 3.8) is 0 Å². The van der Waals surface area contributed by atoms with Crippen molar-refractivity contribution in [3.05, 3.63) is 100 Å². The summed E-state index contributed by atoms with van der Waals surface area (Å²) >= 11 is 5.56. The Bertz CT molecular complexity index is 1220. The van der Waals surface area contributed by atoms with E-state index >= 15 is 0 Å². The van der Waals surface area contributed by atoms with E-state index in [0.717, 1.165) is 33.3 Å². The Morgan fingerprint density at radius 1 is 1.00 bits per heavy atom. The molecule has 0 aliphatic carbocycles. The van der Waals surface area contributed by atoms with E-state index in [1.54, 1.807) is 12.1 Å². The number of carbonyl (C=O) groups excluding carboxylic acids is 1. The molecule has 2 N–H and O–H groups in total. The molecular formula is C24H20ClN3O3. The van der Waals surface area contributed by atoms with Crippen LogP contribution in [0.25, 0.3) is 22.2 Å². The van der Waals surface area contributed by atoms with Gasteiger partial charge in [0, 0.05) is 21.5 Å². The number of halogens is 1. The van der Waals surface area contributed by atoms with Crippen LogP contribution in [0, 0.1) is 10.1 Å². The molecule has 31 heavy (non-hydrogen) atoms. The van der Waals surface area contributed by atoms with Gasteiger partial charge in [-0.15, -0.1) is 11.6 Å². The Morgan fingerprint density at radius 3 is 2.35 bits per heavy atom. The van der Waals surface area contributed by atoms with Gasteiger partial charge in [0.2, 0.25) is 12.5 Å². The van der Waals surface area contributed by atoms with Gasteiger partial charge in [0.25, 0.3) is 0 Å². The highest BCUT2D eigenvalue weighted by molar-refractivity contribution is 6.29. The highest BCUT2D eigenvalue weighted by atomic mass is 35.5. The Labute approximate surface area is 184 Å². The van der Waals surface area contributed by atoms with Crippen LogP contribution in [0.3, 0.4) is 0 Å². The number of amides is 1. The maximum absolute atomic E-state index is 11.6. The first-order valence-electron chi connectivity index (χ1n) is 9.80. The number of hydrogen-bond acceptors (Lipinski definition) is 3. The number of benzene rings is 3. The van der Waals surface area contributed by atoms with Crippen molar-refractivity contribution >= 4 is 34.1 Å². The van der Waals surface area contributed by atoms with Gasteiger partial charge in [0.1, 0.15) is 5.88 Å². The number of rotatable bonds is 7. The lowest BCUT2D eigenvalue weighted by atomic mass is 9.87. The van der Waals surface area contributed by atoms with Crippen LogP contribution in [0.2, 0.25) is 0 Å². The molecule has 4 rings (SSSR count). The molecule has 0 bridgehead atoms. The second-order valence-electron chi connectivity index (χ2n) is 7.20. The van der Waals surface area contributed by atoms with E-state index in [-0.39, 0.29) is 23.3 Å². The molecule has 1 atom stereocenters. The number of nitro groups is 1. The Kier molecular flexibility index (Phi) is 6.00. The first-order valence-corrected chi connectivity index (χ1v) is 10.3. The molecule has 0 spiro atoms. The van der Waals surface area contributed by atoms with Gasteiger partial charge < -0.3 is 10.3 Å². The molecule has 0 aliphatic heterocycles. The fourth-order valence-corrected chi connectivity index (χ4v) is 3.93. The first-order chi connectivity index (χ1) is 15.1. The van der Waals surface area contributed by atoms with Crippen LogP contribution < -0.4 is 5.32 Å². The molecule has 4 aromatic rings. The number of aromatic amines is 1. The van der Waals surface area contributed by atoms with Crippen LogP contribution in [0.1, 0.15) is 17.0 Å². The SMILES string of the molecule is O=C(CCl)Nc1ccc(-c2[nH]c3ccccc3c2C(C[N+](=O)[O-])c2ccccc2)cc1. The molecular weight excluding hydrogens is 414 g/mol. The largest absolute Gasteiger partial charge is 0.354 e. The van der Waals surface area contributed by atoms with Crippen LogP contribution in [0.4, 0.5) is 5.69 Å². The minimum absolute atomic E-state index is 0.117. The molecule has 1 heterocycles. The maximum atomic E-state index is 11.6. The number of H-pyrrole nitrogens is 1. The highest BCUT2D eigenvalue weighted by Crippen LogP contribution is 2.39. The number of fused-ring (bicyclic) bond motifs is 1. The summed E-state index contributed by atoms with van der Waals surface area (Å²) < 4.78 is 0. The maximum Gasteiger partial charge on any atom is 0.239 e. The number of alkyl halides is 1. The average molecular weight is 434 g/mol. The number of nitrogens with one attached hydrogen (secondary N) is 2. The third-order valence-electron chi connectivity index (χ3n) is 5.21. The topological polar surface area (TPSA) is 88.0 Å². The monoisotopic (exact) mass is 433 g/mol. The lowest BCUT2D eigenvalue weighted by Gasteiger charge is -2.16. The van der Waals surface area contributed by atoms with Crippen LogP contribution in [-0.4, -0.2) is 28.2 Å². The number of anilines is 1. The van der Waals surface area contributed by atoms with Crippen molar-refractivity contribution in [1.82, 2.24) is 4.98 Å². The summed E-state index contributed by atoms with van der Waals surface area (Å²) in [5.74, 6) is -0.818. The molecule has 0 aliphatic rings. The minimum atomic E-state index is -0.419. The van der Waals surface area contributed by atoms with Gasteiger partial charge in [-0.1, -0.05) is 60.7 Å².